The second-order valence-corrected chi connectivity index (χ2v) is 5.92. The van der Waals surface area contributed by atoms with Crippen molar-refractivity contribution in [3.05, 3.63) is 39.5 Å². The number of aryl methyl sites for hydroxylation is 1. The fourth-order valence-electron chi connectivity index (χ4n) is 2.39. The summed E-state index contributed by atoms with van der Waals surface area (Å²) in [5.74, 6) is 0.643. The zero-order valence-corrected chi connectivity index (χ0v) is 11.7. The molecule has 1 atom stereocenters. The quantitative estimate of drug-likeness (QED) is 0.934. The van der Waals surface area contributed by atoms with E-state index in [-0.39, 0.29) is 6.04 Å². The van der Waals surface area contributed by atoms with Crippen LogP contribution in [0, 0.1) is 0 Å². The Labute approximate surface area is 116 Å². The number of pyridine rings is 1. The Bertz CT molecular complexity index is 565. The average molecular weight is 275 g/mol. The lowest BCUT2D eigenvalue weighted by Gasteiger charge is -2.15. The van der Waals surface area contributed by atoms with Crippen molar-refractivity contribution in [1.82, 2.24) is 9.97 Å². The molecule has 2 N–H and O–H groups in total. The molecule has 4 nitrogen and oxygen atoms in total. The minimum absolute atomic E-state index is 0.184. The molecular weight excluding hydrogens is 258 g/mol. The van der Waals surface area contributed by atoms with Gasteiger partial charge in [0.2, 0.25) is 5.88 Å². The van der Waals surface area contributed by atoms with Crippen LogP contribution >= 0.6 is 11.3 Å². The lowest BCUT2D eigenvalue weighted by Crippen LogP contribution is -2.15. The molecular formula is C14H17N3OS. The Morgan fingerprint density at radius 2 is 2.37 bits per heavy atom. The molecule has 0 radical (unpaired) electrons. The van der Waals surface area contributed by atoms with Crippen LogP contribution in [0.5, 0.6) is 5.88 Å². The lowest BCUT2D eigenvalue weighted by molar-refractivity contribution is 0.397. The smallest absolute Gasteiger partial charge is 0.212 e. The van der Waals surface area contributed by atoms with E-state index in [0.717, 1.165) is 36.3 Å². The zero-order valence-electron chi connectivity index (χ0n) is 10.9. The van der Waals surface area contributed by atoms with Crippen molar-refractivity contribution in [3.63, 3.8) is 0 Å². The van der Waals surface area contributed by atoms with E-state index < -0.39 is 0 Å². The van der Waals surface area contributed by atoms with Crippen molar-refractivity contribution >= 4 is 11.3 Å². The van der Waals surface area contributed by atoms with Gasteiger partial charge in [-0.05, 0) is 24.8 Å². The molecule has 0 aromatic carbocycles. The Hall–Kier alpha value is -1.46. The van der Waals surface area contributed by atoms with E-state index in [4.69, 9.17) is 15.5 Å². The van der Waals surface area contributed by atoms with Gasteiger partial charge in [-0.2, -0.15) is 0 Å². The summed E-state index contributed by atoms with van der Waals surface area (Å²) in [6.45, 7) is 0. The predicted octanol–water partition coefficient (Wildman–Crippen LogP) is 2.47. The Kier molecular flexibility index (Phi) is 3.48. The van der Waals surface area contributed by atoms with E-state index in [0.29, 0.717) is 5.88 Å². The summed E-state index contributed by atoms with van der Waals surface area (Å²) in [5, 5.41) is 1.13. The van der Waals surface area contributed by atoms with Gasteiger partial charge in [0.25, 0.3) is 0 Å². The lowest BCUT2D eigenvalue weighted by atomic mass is 9.99. The normalized spacial score (nSPS) is 18.1. The molecule has 0 aliphatic heterocycles. The van der Waals surface area contributed by atoms with Crippen LogP contribution < -0.4 is 10.5 Å². The predicted molar refractivity (Wildman–Crippen MR) is 75.6 cm³/mol. The molecule has 1 aliphatic carbocycles. The zero-order chi connectivity index (χ0) is 13.2. The van der Waals surface area contributed by atoms with Crippen molar-refractivity contribution in [2.75, 3.05) is 7.11 Å². The van der Waals surface area contributed by atoms with Crippen molar-refractivity contribution in [2.24, 2.45) is 5.73 Å². The van der Waals surface area contributed by atoms with Gasteiger partial charge in [0, 0.05) is 29.6 Å². The number of ether oxygens (including phenoxy) is 1. The number of methoxy groups -OCH3 is 1. The highest BCUT2D eigenvalue weighted by Crippen LogP contribution is 2.33. The van der Waals surface area contributed by atoms with Crippen LogP contribution in [-0.2, 0) is 12.8 Å². The summed E-state index contributed by atoms with van der Waals surface area (Å²) in [6, 6.07) is 4.10. The molecule has 2 aromatic heterocycles. The van der Waals surface area contributed by atoms with Crippen LogP contribution in [0.2, 0.25) is 0 Å². The van der Waals surface area contributed by atoms with Crippen molar-refractivity contribution in [3.8, 4) is 5.88 Å². The number of nitrogens with zero attached hydrogens (tertiary/aromatic N) is 2. The monoisotopic (exact) mass is 275 g/mol. The highest BCUT2D eigenvalue weighted by Gasteiger charge is 2.21. The van der Waals surface area contributed by atoms with Crippen LogP contribution in [-0.4, -0.2) is 17.1 Å². The van der Waals surface area contributed by atoms with Crippen LogP contribution in [0.1, 0.15) is 40.0 Å². The summed E-state index contributed by atoms with van der Waals surface area (Å²) in [7, 11) is 1.62. The third-order valence-electron chi connectivity index (χ3n) is 3.40. The van der Waals surface area contributed by atoms with E-state index in [1.807, 2.05) is 18.3 Å². The third kappa shape index (κ3) is 2.62. The molecule has 5 heteroatoms. The Morgan fingerprint density at radius 1 is 1.47 bits per heavy atom. The number of nitrogens with two attached hydrogens (primary N) is 1. The number of hydrogen-bond donors (Lipinski definition) is 1. The summed E-state index contributed by atoms with van der Waals surface area (Å²) in [6.07, 6.45) is 5.97. The van der Waals surface area contributed by atoms with Gasteiger partial charge in [-0.15, -0.1) is 11.3 Å². The molecule has 3 rings (SSSR count). The van der Waals surface area contributed by atoms with Gasteiger partial charge in [-0.25, -0.2) is 9.97 Å². The average Bonchev–Trinajstić information content (AvgIpc) is 2.84. The first-order valence-electron chi connectivity index (χ1n) is 6.49. The number of hydrogen-bond acceptors (Lipinski definition) is 5. The fraction of sp³-hybridized carbons (Fsp3) is 0.429. The van der Waals surface area contributed by atoms with Gasteiger partial charge >= 0.3 is 0 Å². The van der Waals surface area contributed by atoms with Crippen LogP contribution in [0.25, 0.3) is 0 Å². The summed E-state index contributed by atoms with van der Waals surface area (Å²) >= 11 is 1.75. The first kappa shape index (κ1) is 12.6. The van der Waals surface area contributed by atoms with Gasteiger partial charge in [0.15, 0.2) is 0 Å². The van der Waals surface area contributed by atoms with Crippen LogP contribution in [0.4, 0.5) is 0 Å². The SMILES string of the molecule is COc1ccc(Cc2nc3c(s2)C(N)CCC3)cn1. The van der Waals surface area contributed by atoms with Gasteiger partial charge in [-0.3, -0.25) is 0 Å². The molecule has 0 saturated heterocycles. The summed E-state index contributed by atoms with van der Waals surface area (Å²) in [5.41, 5.74) is 8.49. The number of rotatable bonds is 3. The number of aromatic nitrogens is 2. The van der Waals surface area contributed by atoms with Gasteiger partial charge in [-0.1, -0.05) is 6.07 Å². The van der Waals surface area contributed by atoms with E-state index >= 15 is 0 Å². The molecule has 19 heavy (non-hydrogen) atoms. The van der Waals surface area contributed by atoms with E-state index in [2.05, 4.69) is 4.98 Å². The molecule has 0 fully saturated rings. The largest absolute Gasteiger partial charge is 0.481 e. The second-order valence-electron chi connectivity index (χ2n) is 4.80. The Morgan fingerprint density at radius 3 is 3.05 bits per heavy atom. The molecule has 100 valence electrons. The topological polar surface area (TPSA) is 61.0 Å². The molecule has 0 saturated carbocycles. The van der Waals surface area contributed by atoms with Gasteiger partial charge < -0.3 is 10.5 Å². The molecule has 0 bridgehead atoms. The fourth-order valence-corrected chi connectivity index (χ4v) is 3.57. The minimum atomic E-state index is 0.184. The van der Waals surface area contributed by atoms with Crippen molar-refractivity contribution < 1.29 is 4.74 Å². The van der Waals surface area contributed by atoms with E-state index in [9.17, 15) is 0 Å². The molecule has 1 unspecified atom stereocenters. The maximum Gasteiger partial charge on any atom is 0.212 e. The standard InChI is InChI=1S/C14H17N3OS/c1-18-12-6-5-9(8-16-12)7-13-17-11-4-2-3-10(15)14(11)19-13/h5-6,8,10H,2-4,7,15H2,1H3. The maximum atomic E-state index is 6.13. The van der Waals surface area contributed by atoms with E-state index in [1.54, 1.807) is 18.4 Å². The second kappa shape index (κ2) is 5.27. The first-order chi connectivity index (χ1) is 9.26. The maximum absolute atomic E-state index is 6.13. The van der Waals surface area contributed by atoms with Gasteiger partial charge in [0.05, 0.1) is 17.8 Å². The molecule has 0 spiro atoms. The van der Waals surface area contributed by atoms with Crippen molar-refractivity contribution in [2.45, 2.75) is 31.7 Å². The molecule has 1 aliphatic rings. The highest BCUT2D eigenvalue weighted by molar-refractivity contribution is 7.11. The highest BCUT2D eigenvalue weighted by atomic mass is 32.1. The summed E-state index contributed by atoms with van der Waals surface area (Å²) in [4.78, 5) is 10.2. The third-order valence-corrected chi connectivity index (χ3v) is 4.63. The first-order valence-corrected chi connectivity index (χ1v) is 7.31. The summed E-state index contributed by atoms with van der Waals surface area (Å²) < 4.78 is 5.06. The van der Waals surface area contributed by atoms with Crippen LogP contribution in [0.15, 0.2) is 18.3 Å². The number of fused-ring (bicyclic) bond motifs is 1. The van der Waals surface area contributed by atoms with Crippen LogP contribution in [0.3, 0.4) is 0 Å². The van der Waals surface area contributed by atoms with Crippen molar-refractivity contribution in [1.29, 1.82) is 0 Å². The molecule has 2 heterocycles. The number of thiazole rings is 1. The Balaban J connectivity index is 1.79. The molecule has 2 aromatic rings. The van der Waals surface area contributed by atoms with E-state index in [1.165, 1.54) is 10.6 Å². The molecule has 0 amide bonds. The minimum Gasteiger partial charge on any atom is -0.481 e. The van der Waals surface area contributed by atoms with Gasteiger partial charge in [0.1, 0.15) is 0 Å².